The molecule has 1 heterocycles. The zero-order valence-electron chi connectivity index (χ0n) is 14.4. The van der Waals surface area contributed by atoms with Crippen LogP contribution in [0.4, 0.5) is 5.69 Å². The van der Waals surface area contributed by atoms with Gasteiger partial charge >= 0.3 is 0 Å². The second kappa shape index (κ2) is 7.81. The van der Waals surface area contributed by atoms with Gasteiger partial charge < -0.3 is 10.1 Å². The number of carbonyl (C=O) groups is 1. The van der Waals surface area contributed by atoms with E-state index < -0.39 is 6.10 Å². The third kappa shape index (κ3) is 4.26. The summed E-state index contributed by atoms with van der Waals surface area (Å²) in [4.78, 5) is 16.7. The smallest absolute Gasteiger partial charge is 0.265 e. The van der Waals surface area contributed by atoms with Crippen molar-refractivity contribution in [2.45, 2.75) is 20.0 Å². The molecule has 0 aliphatic rings. The van der Waals surface area contributed by atoms with Crippen LogP contribution < -0.4 is 10.1 Å². The Morgan fingerprint density at radius 2 is 2.04 bits per heavy atom. The maximum atomic E-state index is 12.3. The number of aromatic nitrogens is 1. The minimum Gasteiger partial charge on any atom is -0.481 e. The van der Waals surface area contributed by atoms with Crippen molar-refractivity contribution in [1.29, 1.82) is 5.26 Å². The van der Waals surface area contributed by atoms with E-state index in [9.17, 15) is 4.79 Å². The van der Waals surface area contributed by atoms with E-state index in [0.717, 1.165) is 16.3 Å². The molecule has 0 aliphatic carbocycles. The highest BCUT2D eigenvalue weighted by molar-refractivity contribution is 7.13. The Morgan fingerprint density at radius 3 is 2.69 bits per heavy atom. The number of hydrogen-bond donors (Lipinski definition) is 1. The van der Waals surface area contributed by atoms with E-state index in [1.165, 1.54) is 0 Å². The van der Waals surface area contributed by atoms with Crippen molar-refractivity contribution < 1.29 is 9.53 Å². The quantitative estimate of drug-likeness (QED) is 0.729. The highest BCUT2D eigenvalue weighted by Gasteiger charge is 2.15. The summed E-state index contributed by atoms with van der Waals surface area (Å²) in [6.45, 7) is 3.64. The van der Waals surface area contributed by atoms with Gasteiger partial charge in [0.2, 0.25) is 0 Å². The standard InChI is InChI=1S/C20H17N3O2S/c1-13-12-26-20(22-13)16-6-8-18(9-7-16)25-14(2)19(24)23-17-5-3-4-15(10-17)11-21/h3-10,12,14H,1-2H3,(H,23,24)/t14-/m0/s1. The molecule has 0 fully saturated rings. The number of benzene rings is 2. The fraction of sp³-hybridized carbons (Fsp3) is 0.150. The normalized spacial score (nSPS) is 11.4. The van der Waals surface area contributed by atoms with Gasteiger partial charge in [0.15, 0.2) is 6.10 Å². The number of thiazole rings is 1. The van der Waals surface area contributed by atoms with Gasteiger partial charge in [0.25, 0.3) is 5.91 Å². The molecule has 0 saturated heterocycles. The first-order chi connectivity index (χ1) is 12.5. The van der Waals surface area contributed by atoms with Crippen molar-refractivity contribution in [3.63, 3.8) is 0 Å². The Balaban J connectivity index is 1.62. The van der Waals surface area contributed by atoms with Crippen LogP contribution in [0.25, 0.3) is 10.6 Å². The summed E-state index contributed by atoms with van der Waals surface area (Å²) in [7, 11) is 0. The first-order valence-electron chi connectivity index (χ1n) is 8.05. The zero-order chi connectivity index (χ0) is 18.5. The lowest BCUT2D eigenvalue weighted by Crippen LogP contribution is -2.30. The number of hydrogen-bond acceptors (Lipinski definition) is 5. The van der Waals surface area contributed by atoms with E-state index in [2.05, 4.69) is 10.3 Å². The van der Waals surface area contributed by atoms with E-state index in [-0.39, 0.29) is 5.91 Å². The fourth-order valence-electron chi connectivity index (χ4n) is 2.33. The van der Waals surface area contributed by atoms with E-state index in [1.807, 2.05) is 42.6 Å². The SMILES string of the molecule is Cc1csc(-c2ccc(O[C@@H](C)C(=O)Nc3cccc(C#N)c3)cc2)n1. The molecule has 2 aromatic carbocycles. The second-order valence-electron chi connectivity index (χ2n) is 5.76. The average Bonchev–Trinajstić information content (AvgIpc) is 3.09. The van der Waals surface area contributed by atoms with Gasteiger partial charge in [-0.3, -0.25) is 4.79 Å². The van der Waals surface area contributed by atoms with E-state index in [4.69, 9.17) is 10.00 Å². The number of rotatable bonds is 5. The number of amides is 1. The molecule has 1 atom stereocenters. The molecule has 0 saturated carbocycles. The third-order valence-electron chi connectivity index (χ3n) is 3.66. The number of nitrogens with zero attached hydrogens (tertiary/aromatic N) is 2. The van der Waals surface area contributed by atoms with Crippen LogP contribution in [0.3, 0.4) is 0 Å². The number of aryl methyl sites for hydroxylation is 1. The Hall–Kier alpha value is -3.17. The van der Waals surface area contributed by atoms with Gasteiger partial charge in [-0.2, -0.15) is 5.26 Å². The van der Waals surface area contributed by atoms with Crippen LogP contribution in [-0.4, -0.2) is 17.0 Å². The van der Waals surface area contributed by atoms with Crippen LogP contribution in [0.5, 0.6) is 5.75 Å². The molecule has 3 aromatic rings. The minimum absolute atomic E-state index is 0.278. The van der Waals surface area contributed by atoms with Gasteiger partial charge in [-0.25, -0.2) is 4.98 Å². The molecule has 0 unspecified atom stereocenters. The molecule has 26 heavy (non-hydrogen) atoms. The second-order valence-corrected chi connectivity index (χ2v) is 6.62. The van der Waals surface area contributed by atoms with Crippen LogP contribution in [-0.2, 0) is 4.79 Å². The number of nitriles is 1. The maximum Gasteiger partial charge on any atom is 0.265 e. The predicted octanol–water partition coefficient (Wildman–Crippen LogP) is 4.40. The number of nitrogens with one attached hydrogen (secondary N) is 1. The summed E-state index contributed by atoms with van der Waals surface area (Å²) in [6.07, 6.45) is -0.673. The molecule has 0 bridgehead atoms. The van der Waals surface area contributed by atoms with Crippen molar-refractivity contribution in [1.82, 2.24) is 4.98 Å². The van der Waals surface area contributed by atoms with Crippen LogP contribution >= 0.6 is 11.3 Å². The van der Waals surface area contributed by atoms with Gasteiger partial charge in [-0.15, -0.1) is 11.3 Å². The summed E-state index contributed by atoms with van der Waals surface area (Å²) in [6, 6.07) is 16.3. The summed E-state index contributed by atoms with van der Waals surface area (Å²) in [5, 5.41) is 14.6. The van der Waals surface area contributed by atoms with Crippen molar-refractivity contribution >= 4 is 22.9 Å². The Kier molecular flexibility index (Phi) is 5.30. The predicted molar refractivity (Wildman–Crippen MR) is 102 cm³/mol. The average molecular weight is 363 g/mol. The van der Waals surface area contributed by atoms with Crippen LogP contribution in [0.2, 0.25) is 0 Å². The van der Waals surface area contributed by atoms with E-state index >= 15 is 0 Å². The van der Waals surface area contributed by atoms with Crippen molar-refractivity contribution in [2.75, 3.05) is 5.32 Å². The van der Waals surface area contributed by atoms with Crippen molar-refractivity contribution in [3.8, 4) is 22.4 Å². The first-order valence-corrected chi connectivity index (χ1v) is 8.93. The van der Waals surface area contributed by atoms with E-state index in [1.54, 1.807) is 42.5 Å². The van der Waals surface area contributed by atoms with Crippen LogP contribution in [0.1, 0.15) is 18.2 Å². The lowest BCUT2D eigenvalue weighted by Gasteiger charge is -2.15. The summed E-state index contributed by atoms with van der Waals surface area (Å²) in [5.41, 5.74) is 3.07. The molecule has 0 spiro atoms. The molecule has 1 N–H and O–H groups in total. The van der Waals surface area contributed by atoms with Crippen LogP contribution in [0.15, 0.2) is 53.9 Å². The van der Waals surface area contributed by atoms with Crippen molar-refractivity contribution in [2.24, 2.45) is 0 Å². The molecule has 0 aliphatic heterocycles. The molecule has 3 rings (SSSR count). The van der Waals surface area contributed by atoms with Gasteiger partial charge in [0, 0.05) is 22.3 Å². The number of carbonyl (C=O) groups excluding carboxylic acids is 1. The highest BCUT2D eigenvalue weighted by atomic mass is 32.1. The van der Waals surface area contributed by atoms with E-state index in [0.29, 0.717) is 17.0 Å². The van der Waals surface area contributed by atoms with Gasteiger partial charge in [0.1, 0.15) is 10.8 Å². The maximum absolute atomic E-state index is 12.3. The van der Waals surface area contributed by atoms with Crippen LogP contribution in [0, 0.1) is 18.3 Å². The zero-order valence-corrected chi connectivity index (χ0v) is 15.2. The number of anilines is 1. The minimum atomic E-state index is -0.673. The molecular formula is C20H17N3O2S. The van der Waals surface area contributed by atoms with Gasteiger partial charge in [-0.1, -0.05) is 6.07 Å². The molecule has 1 aromatic heterocycles. The molecule has 5 nitrogen and oxygen atoms in total. The Morgan fingerprint density at radius 1 is 1.27 bits per heavy atom. The van der Waals surface area contributed by atoms with Crippen molar-refractivity contribution in [3.05, 3.63) is 65.2 Å². The first kappa shape index (κ1) is 17.6. The molecular weight excluding hydrogens is 346 g/mol. The lowest BCUT2D eigenvalue weighted by atomic mass is 10.2. The third-order valence-corrected chi connectivity index (χ3v) is 4.67. The summed E-state index contributed by atoms with van der Waals surface area (Å²) in [5.74, 6) is 0.329. The van der Waals surface area contributed by atoms with Gasteiger partial charge in [0.05, 0.1) is 11.6 Å². The summed E-state index contributed by atoms with van der Waals surface area (Å²) >= 11 is 1.59. The topological polar surface area (TPSA) is 75.0 Å². The number of ether oxygens (including phenoxy) is 1. The summed E-state index contributed by atoms with van der Waals surface area (Å²) < 4.78 is 5.71. The monoisotopic (exact) mass is 363 g/mol. The fourth-order valence-corrected chi connectivity index (χ4v) is 3.13. The Labute approximate surface area is 155 Å². The largest absolute Gasteiger partial charge is 0.481 e. The molecule has 1 amide bonds. The lowest BCUT2D eigenvalue weighted by molar-refractivity contribution is -0.122. The molecule has 130 valence electrons. The van der Waals surface area contributed by atoms with Gasteiger partial charge in [-0.05, 0) is 56.3 Å². The molecule has 0 radical (unpaired) electrons. The Bertz CT molecular complexity index is 958. The molecule has 6 heteroatoms. The highest BCUT2D eigenvalue weighted by Crippen LogP contribution is 2.26.